The number of rotatable bonds is 7. The highest BCUT2D eigenvalue weighted by Crippen LogP contribution is 2.28. The van der Waals surface area contributed by atoms with Crippen molar-refractivity contribution in [2.75, 3.05) is 6.54 Å². The first-order valence-corrected chi connectivity index (χ1v) is 9.93. The number of nitrogens with zero attached hydrogens (tertiary/aromatic N) is 1. The van der Waals surface area contributed by atoms with E-state index in [0.29, 0.717) is 12.1 Å². The molecule has 0 radical (unpaired) electrons. The van der Waals surface area contributed by atoms with E-state index in [4.69, 9.17) is 4.74 Å². The Hall–Kier alpha value is -3.68. The summed E-state index contributed by atoms with van der Waals surface area (Å²) in [7, 11) is 0. The lowest BCUT2D eigenvalue weighted by molar-refractivity contribution is -0.156. The zero-order valence-corrected chi connectivity index (χ0v) is 17.7. The number of amides is 4. The third kappa shape index (κ3) is 4.91. The first-order chi connectivity index (χ1) is 14.7. The molecule has 2 aromatic rings. The Kier molecular flexibility index (Phi) is 6.39. The van der Waals surface area contributed by atoms with Gasteiger partial charge in [-0.05, 0) is 31.9 Å². The summed E-state index contributed by atoms with van der Waals surface area (Å²) in [4.78, 5) is 50.5. The van der Waals surface area contributed by atoms with Crippen LogP contribution in [0.3, 0.4) is 0 Å². The first kappa shape index (κ1) is 22.0. The van der Waals surface area contributed by atoms with Gasteiger partial charge in [-0.1, -0.05) is 60.2 Å². The van der Waals surface area contributed by atoms with E-state index in [0.717, 1.165) is 16.0 Å². The Morgan fingerprint density at radius 3 is 2.39 bits per heavy atom. The topological polar surface area (TPSA) is 105 Å². The first-order valence-electron chi connectivity index (χ1n) is 9.93. The van der Waals surface area contributed by atoms with Crippen LogP contribution in [-0.4, -0.2) is 41.4 Å². The Balaban J connectivity index is 1.54. The zero-order valence-electron chi connectivity index (χ0n) is 17.7. The summed E-state index contributed by atoms with van der Waals surface area (Å²) in [6.45, 7) is 4.70. The summed E-state index contributed by atoms with van der Waals surface area (Å²) in [5.74, 6) is -1.88. The third-order valence-electron chi connectivity index (χ3n) is 5.18. The van der Waals surface area contributed by atoms with E-state index in [9.17, 15) is 19.2 Å². The van der Waals surface area contributed by atoms with Crippen LogP contribution in [0, 0.1) is 6.92 Å². The molecule has 8 heteroatoms. The molecule has 162 valence electrons. The van der Waals surface area contributed by atoms with Gasteiger partial charge in [0, 0.05) is 6.54 Å². The highest BCUT2D eigenvalue weighted by molar-refractivity contribution is 6.08. The summed E-state index contributed by atoms with van der Waals surface area (Å²) in [6, 6.07) is 15.7. The second-order valence-electron chi connectivity index (χ2n) is 7.65. The van der Waals surface area contributed by atoms with Crippen molar-refractivity contribution < 1.29 is 23.9 Å². The Labute approximate surface area is 180 Å². The lowest BCUT2D eigenvalue weighted by Crippen LogP contribution is -2.42. The maximum absolute atomic E-state index is 12.8. The van der Waals surface area contributed by atoms with Crippen LogP contribution < -0.4 is 10.6 Å². The number of nitrogens with one attached hydrogen (secondary N) is 2. The number of urea groups is 1. The van der Waals surface area contributed by atoms with Gasteiger partial charge in [-0.2, -0.15) is 0 Å². The number of carbonyl (C=O) groups is 4. The molecule has 0 aromatic heterocycles. The number of benzene rings is 2. The molecule has 0 spiro atoms. The molecule has 1 aliphatic rings. The van der Waals surface area contributed by atoms with Gasteiger partial charge in [0.2, 0.25) is 0 Å². The zero-order chi connectivity index (χ0) is 22.6. The molecular weight excluding hydrogens is 398 g/mol. The number of ether oxygens (including phenoxy) is 1. The standard InChI is InChI=1S/C23H25N3O5/c1-15-9-11-17(12-10-15)13-24-20(28)16(2)31-19(27)14-26-21(29)23(3,25-22(26)30)18-7-5-4-6-8-18/h4-12,16H,13-14H2,1-3H3,(H,24,28)(H,25,30)/t16-,23+/m1/s1. The molecule has 1 saturated heterocycles. The van der Waals surface area contributed by atoms with Crippen molar-refractivity contribution in [2.24, 2.45) is 0 Å². The van der Waals surface area contributed by atoms with E-state index in [-0.39, 0.29) is 0 Å². The van der Waals surface area contributed by atoms with Crippen LogP contribution >= 0.6 is 0 Å². The fraction of sp³-hybridized carbons (Fsp3) is 0.304. The molecule has 2 N–H and O–H groups in total. The van der Waals surface area contributed by atoms with Crippen LogP contribution in [0.1, 0.15) is 30.5 Å². The molecule has 2 aromatic carbocycles. The maximum Gasteiger partial charge on any atom is 0.327 e. The van der Waals surface area contributed by atoms with E-state index in [1.807, 2.05) is 31.2 Å². The highest BCUT2D eigenvalue weighted by atomic mass is 16.5. The summed E-state index contributed by atoms with van der Waals surface area (Å²) in [5, 5.41) is 5.31. The molecule has 2 atom stereocenters. The molecule has 8 nitrogen and oxygen atoms in total. The van der Waals surface area contributed by atoms with E-state index < -0.39 is 42.0 Å². The van der Waals surface area contributed by atoms with Crippen LogP contribution in [0.2, 0.25) is 0 Å². The average molecular weight is 423 g/mol. The predicted molar refractivity (Wildman–Crippen MR) is 113 cm³/mol. The molecule has 0 unspecified atom stereocenters. The average Bonchev–Trinajstić information content (AvgIpc) is 2.97. The lowest BCUT2D eigenvalue weighted by atomic mass is 9.92. The molecule has 0 aliphatic carbocycles. The normalized spacial score (nSPS) is 19.0. The van der Waals surface area contributed by atoms with Crippen molar-refractivity contribution in [3.8, 4) is 0 Å². The highest BCUT2D eigenvalue weighted by Gasteiger charge is 2.49. The largest absolute Gasteiger partial charge is 0.451 e. The van der Waals surface area contributed by atoms with Gasteiger partial charge in [-0.25, -0.2) is 4.79 Å². The number of aryl methyl sites for hydroxylation is 1. The molecule has 0 saturated carbocycles. The molecule has 3 rings (SSSR count). The summed E-state index contributed by atoms with van der Waals surface area (Å²) >= 11 is 0. The van der Waals surface area contributed by atoms with Crippen molar-refractivity contribution in [1.82, 2.24) is 15.5 Å². The van der Waals surface area contributed by atoms with Crippen LogP contribution in [-0.2, 0) is 31.2 Å². The van der Waals surface area contributed by atoms with Crippen molar-refractivity contribution in [2.45, 2.75) is 39.0 Å². The monoisotopic (exact) mass is 423 g/mol. The van der Waals surface area contributed by atoms with Crippen molar-refractivity contribution in [3.63, 3.8) is 0 Å². The van der Waals surface area contributed by atoms with Gasteiger partial charge in [0.05, 0.1) is 0 Å². The van der Waals surface area contributed by atoms with Gasteiger partial charge in [-0.3, -0.25) is 19.3 Å². The third-order valence-corrected chi connectivity index (χ3v) is 5.18. The lowest BCUT2D eigenvalue weighted by Gasteiger charge is -2.22. The number of carbonyl (C=O) groups excluding carboxylic acids is 4. The fourth-order valence-electron chi connectivity index (χ4n) is 3.26. The van der Waals surface area contributed by atoms with Crippen molar-refractivity contribution in [3.05, 3.63) is 71.3 Å². The molecule has 4 amide bonds. The van der Waals surface area contributed by atoms with Gasteiger partial charge >= 0.3 is 12.0 Å². The van der Waals surface area contributed by atoms with Crippen LogP contribution in [0.5, 0.6) is 0 Å². The van der Waals surface area contributed by atoms with E-state index in [1.54, 1.807) is 37.3 Å². The van der Waals surface area contributed by atoms with Gasteiger partial charge in [0.25, 0.3) is 11.8 Å². The van der Waals surface area contributed by atoms with Gasteiger partial charge in [0.15, 0.2) is 6.10 Å². The van der Waals surface area contributed by atoms with Crippen LogP contribution in [0.25, 0.3) is 0 Å². The predicted octanol–water partition coefficient (Wildman–Crippen LogP) is 2.01. The van der Waals surface area contributed by atoms with E-state index >= 15 is 0 Å². The number of hydrogen-bond donors (Lipinski definition) is 2. The number of imide groups is 1. The molecule has 0 bridgehead atoms. The minimum Gasteiger partial charge on any atom is -0.451 e. The minimum atomic E-state index is -1.27. The second-order valence-corrected chi connectivity index (χ2v) is 7.65. The van der Waals surface area contributed by atoms with Gasteiger partial charge < -0.3 is 15.4 Å². The Morgan fingerprint density at radius 1 is 1.10 bits per heavy atom. The van der Waals surface area contributed by atoms with Gasteiger partial charge in [-0.15, -0.1) is 0 Å². The SMILES string of the molecule is Cc1ccc(CNC(=O)[C@@H](C)OC(=O)CN2C(=O)N[C@@](C)(c3ccccc3)C2=O)cc1. The quantitative estimate of drug-likeness (QED) is 0.524. The second kappa shape index (κ2) is 8.99. The van der Waals surface area contributed by atoms with Crippen molar-refractivity contribution >= 4 is 23.8 Å². The Morgan fingerprint density at radius 2 is 1.74 bits per heavy atom. The fourth-order valence-corrected chi connectivity index (χ4v) is 3.26. The molecule has 31 heavy (non-hydrogen) atoms. The molecule has 1 heterocycles. The molecule has 1 fully saturated rings. The minimum absolute atomic E-state index is 0.295. The van der Waals surface area contributed by atoms with Crippen LogP contribution in [0.15, 0.2) is 54.6 Å². The smallest absolute Gasteiger partial charge is 0.327 e. The Bertz CT molecular complexity index is 990. The maximum atomic E-state index is 12.8. The van der Waals surface area contributed by atoms with E-state index in [2.05, 4.69) is 10.6 Å². The van der Waals surface area contributed by atoms with Crippen LogP contribution in [0.4, 0.5) is 4.79 Å². The summed E-state index contributed by atoms with van der Waals surface area (Å²) in [5.41, 5.74) is 1.36. The van der Waals surface area contributed by atoms with E-state index in [1.165, 1.54) is 6.92 Å². The molecule has 1 aliphatic heterocycles. The van der Waals surface area contributed by atoms with Gasteiger partial charge in [0.1, 0.15) is 12.1 Å². The molecular formula is C23H25N3O5. The number of esters is 1. The van der Waals surface area contributed by atoms with Crippen molar-refractivity contribution in [1.29, 1.82) is 0 Å². The summed E-state index contributed by atoms with van der Waals surface area (Å²) < 4.78 is 5.13. The number of hydrogen-bond acceptors (Lipinski definition) is 5. The summed E-state index contributed by atoms with van der Waals surface area (Å²) in [6.07, 6.45) is -1.07.